The minimum absolute atomic E-state index is 0.0629. The largest absolute Gasteiger partial charge is 0.481 e. The predicted octanol–water partition coefficient (Wildman–Crippen LogP) is 4.62. The number of carbonyl (C=O) groups is 2. The van der Waals surface area contributed by atoms with Gasteiger partial charge in [0, 0.05) is 24.0 Å². The van der Waals surface area contributed by atoms with Gasteiger partial charge in [-0.1, -0.05) is 24.3 Å². The lowest BCUT2D eigenvalue weighted by Gasteiger charge is -2.18. The maximum atomic E-state index is 13.5. The van der Waals surface area contributed by atoms with Gasteiger partial charge in [-0.25, -0.2) is 14.4 Å². The minimum Gasteiger partial charge on any atom is -0.481 e. The average Bonchev–Trinajstić information content (AvgIpc) is 3.21. The Morgan fingerprint density at radius 1 is 0.973 bits per heavy atom. The second-order valence-electron chi connectivity index (χ2n) is 9.25. The fourth-order valence-corrected chi connectivity index (χ4v) is 4.79. The Labute approximate surface area is 213 Å². The molecule has 1 heterocycles. The number of aryl methyl sites for hydroxylation is 1. The van der Waals surface area contributed by atoms with Crippen molar-refractivity contribution in [2.75, 3.05) is 0 Å². The molecule has 1 aliphatic rings. The molecule has 0 saturated carbocycles. The maximum absolute atomic E-state index is 13.5. The number of carbonyl (C=O) groups excluding carboxylic acids is 1. The third kappa shape index (κ3) is 5.34. The van der Waals surface area contributed by atoms with Crippen LogP contribution < -0.4 is 5.32 Å². The highest BCUT2D eigenvalue weighted by atomic mass is 19.1. The van der Waals surface area contributed by atoms with Crippen LogP contribution in [0.1, 0.15) is 52.5 Å². The summed E-state index contributed by atoms with van der Waals surface area (Å²) in [5.41, 5.74) is 5.40. The van der Waals surface area contributed by atoms with Crippen LogP contribution in [0.4, 0.5) is 4.39 Å². The first-order valence-corrected chi connectivity index (χ1v) is 12.2. The van der Waals surface area contributed by atoms with Crippen molar-refractivity contribution in [2.45, 2.75) is 44.2 Å². The first kappa shape index (κ1) is 24.5. The standard InChI is InChI=1S/C29H26FN3O4/c30-20-12-9-17(10-13-20)27-23(7-3-4-8-26(35)36)31-24-15-19(11-14-22(24)32-27)29(37)33-28-21-6-2-1-5-18(21)16-25(28)34/h1-2,5-6,9-15,25,28,34H,3-4,7-8,16H2,(H,33,37)(H,35,36)/t25-,28+/m0/s1. The molecule has 0 saturated heterocycles. The predicted molar refractivity (Wildman–Crippen MR) is 136 cm³/mol. The van der Waals surface area contributed by atoms with E-state index in [2.05, 4.69) is 5.32 Å². The lowest BCUT2D eigenvalue weighted by molar-refractivity contribution is -0.137. The molecule has 8 heteroatoms. The molecule has 0 fully saturated rings. The number of benzene rings is 3. The average molecular weight is 500 g/mol. The Morgan fingerprint density at radius 2 is 1.76 bits per heavy atom. The zero-order chi connectivity index (χ0) is 25.9. The van der Waals surface area contributed by atoms with E-state index in [1.54, 1.807) is 30.3 Å². The first-order valence-electron chi connectivity index (χ1n) is 12.2. The second-order valence-corrected chi connectivity index (χ2v) is 9.25. The third-order valence-electron chi connectivity index (χ3n) is 6.66. The quantitative estimate of drug-likeness (QED) is 0.305. The van der Waals surface area contributed by atoms with Gasteiger partial charge in [-0.15, -0.1) is 0 Å². The van der Waals surface area contributed by atoms with Crippen LogP contribution in [0.15, 0.2) is 66.7 Å². The number of fused-ring (bicyclic) bond motifs is 2. The van der Waals surface area contributed by atoms with Crippen molar-refractivity contribution < 1.29 is 24.2 Å². The maximum Gasteiger partial charge on any atom is 0.303 e. The molecule has 1 aliphatic carbocycles. The van der Waals surface area contributed by atoms with Crippen LogP contribution in [0.3, 0.4) is 0 Å². The SMILES string of the molecule is O=C(O)CCCCc1nc2cc(C(=O)N[C@@H]3c4ccccc4C[C@@H]3O)ccc2nc1-c1ccc(F)cc1. The number of amides is 1. The molecular formula is C29H26FN3O4. The van der Waals surface area contributed by atoms with Gasteiger partial charge in [0.05, 0.1) is 34.6 Å². The number of aliphatic carboxylic acids is 1. The van der Waals surface area contributed by atoms with Gasteiger partial charge >= 0.3 is 5.97 Å². The van der Waals surface area contributed by atoms with Crippen molar-refractivity contribution in [1.29, 1.82) is 0 Å². The zero-order valence-corrected chi connectivity index (χ0v) is 20.0. The number of rotatable bonds is 8. The van der Waals surface area contributed by atoms with E-state index in [1.165, 1.54) is 12.1 Å². The lowest BCUT2D eigenvalue weighted by atomic mass is 10.0. The van der Waals surface area contributed by atoms with Crippen LogP contribution >= 0.6 is 0 Å². The van der Waals surface area contributed by atoms with E-state index in [9.17, 15) is 19.1 Å². The molecule has 0 aliphatic heterocycles. The van der Waals surface area contributed by atoms with Crippen LogP contribution in [0.25, 0.3) is 22.3 Å². The van der Waals surface area contributed by atoms with Gasteiger partial charge in [-0.05, 0) is 72.9 Å². The van der Waals surface area contributed by atoms with Crippen molar-refractivity contribution in [3.05, 3.63) is 94.9 Å². The summed E-state index contributed by atoms with van der Waals surface area (Å²) in [5.74, 6) is -1.53. The summed E-state index contributed by atoms with van der Waals surface area (Å²) in [6.45, 7) is 0. The van der Waals surface area contributed by atoms with E-state index in [0.717, 1.165) is 11.1 Å². The highest BCUT2D eigenvalue weighted by molar-refractivity contribution is 5.97. The van der Waals surface area contributed by atoms with Gasteiger partial charge in [0.1, 0.15) is 5.82 Å². The highest BCUT2D eigenvalue weighted by Gasteiger charge is 2.32. The number of nitrogens with one attached hydrogen (secondary N) is 1. The number of hydrogen-bond acceptors (Lipinski definition) is 5. The molecule has 4 aromatic rings. The van der Waals surface area contributed by atoms with E-state index < -0.39 is 18.1 Å². The monoisotopic (exact) mass is 499 g/mol. The van der Waals surface area contributed by atoms with Crippen LogP contribution in [0.2, 0.25) is 0 Å². The van der Waals surface area contributed by atoms with E-state index in [-0.39, 0.29) is 18.1 Å². The van der Waals surface area contributed by atoms with Gasteiger partial charge in [-0.3, -0.25) is 9.59 Å². The highest BCUT2D eigenvalue weighted by Crippen LogP contribution is 2.32. The third-order valence-corrected chi connectivity index (χ3v) is 6.66. The van der Waals surface area contributed by atoms with Crippen molar-refractivity contribution in [1.82, 2.24) is 15.3 Å². The van der Waals surface area contributed by atoms with Crippen LogP contribution in [0, 0.1) is 5.82 Å². The number of aromatic nitrogens is 2. The van der Waals surface area contributed by atoms with E-state index in [1.807, 2.05) is 24.3 Å². The van der Waals surface area contributed by atoms with Gasteiger partial charge in [0.25, 0.3) is 5.91 Å². The summed E-state index contributed by atoms with van der Waals surface area (Å²) in [4.78, 5) is 33.6. The van der Waals surface area contributed by atoms with E-state index in [4.69, 9.17) is 15.1 Å². The molecule has 37 heavy (non-hydrogen) atoms. The molecule has 2 atom stereocenters. The molecule has 0 bridgehead atoms. The second kappa shape index (κ2) is 10.4. The van der Waals surface area contributed by atoms with Gasteiger partial charge < -0.3 is 15.5 Å². The van der Waals surface area contributed by atoms with Gasteiger partial charge in [-0.2, -0.15) is 0 Å². The number of carboxylic acids is 1. The van der Waals surface area contributed by atoms with Crippen LogP contribution in [-0.2, 0) is 17.6 Å². The fourth-order valence-electron chi connectivity index (χ4n) is 4.79. The zero-order valence-electron chi connectivity index (χ0n) is 20.0. The van der Waals surface area contributed by atoms with E-state index in [0.29, 0.717) is 59.2 Å². The molecule has 5 rings (SSSR count). The summed E-state index contributed by atoms with van der Waals surface area (Å²) in [7, 11) is 0. The van der Waals surface area contributed by atoms with E-state index >= 15 is 0 Å². The number of hydrogen-bond donors (Lipinski definition) is 3. The molecule has 1 amide bonds. The number of unbranched alkanes of at least 4 members (excludes halogenated alkanes) is 1. The minimum atomic E-state index is -0.853. The number of aliphatic hydroxyl groups excluding tert-OH is 1. The van der Waals surface area contributed by atoms with Crippen molar-refractivity contribution in [3.8, 4) is 11.3 Å². The first-order chi connectivity index (χ1) is 17.9. The summed E-state index contributed by atoms with van der Waals surface area (Å²) in [6, 6.07) is 18.2. The molecule has 7 nitrogen and oxygen atoms in total. The molecule has 1 aromatic heterocycles. The normalized spacial score (nSPS) is 16.5. The Kier molecular flexibility index (Phi) is 6.92. The Morgan fingerprint density at radius 3 is 2.54 bits per heavy atom. The molecule has 0 spiro atoms. The lowest BCUT2D eigenvalue weighted by Crippen LogP contribution is -2.33. The molecule has 3 N–H and O–H groups in total. The van der Waals surface area contributed by atoms with Crippen molar-refractivity contribution in [3.63, 3.8) is 0 Å². The van der Waals surface area contributed by atoms with Gasteiger partial charge in [0.15, 0.2) is 0 Å². The van der Waals surface area contributed by atoms with Crippen molar-refractivity contribution in [2.24, 2.45) is 0 Å². The molecule has 188 valence electrons. The number of nitrogens with zero attached hydrogens (tertiary/aromatic N) is 2. The summed E-state index contributed by atoms with van der Waals surface area (Å²) in [6.07, 6.45) is 1.43. The van der Waals surface area contributed by atoms with Crippen molar-refractivity contribution >= 4 is 22.9 Å². The fraction of sp³-hybridized carbons (Fsp3) is 0.241. The molecule has 0 radical (unpaired) electrons. The summed E-state index contributed by atoms with van der Waals surface area (Å²) < 4.78 is 13.5. The van der Waals surface area contributed by atoms with Gasteiger partial charge in [0.2, 0.25) is 0 Å². The molecule has 3 aromatic carbocycles. The topological polar surface area (TPSA) is 112 Å². The number of carboxylic acid groups (broad SMARTS) is 1. The van der Waals surface area contributed by atoms with Crippen LogP contribution in [-0.4, -0.2) is 38.2 Å². The summed E-state index contributed by atoms with van der Waals surface area (Å²) >= 11 is 0. The molecular weight excluding hydrogens is 473 g/mol. The Bertz CT molecular complexity index is 1470. The number of aliphatic hydroxyl groups is 1. The van der Waals surface area contributed by atoms with Crippen LogP contribution in [0.5, 0.6) is 0 Å². The smallest absolute Gasteiger partial charge is 0.303 e. The molecule has 0 unspecified atom stereocenters. The Hall–Kier alpha value is -4.17. The summed E-state index contributed by atoms with van der Waals surface area (Å²) in [5, 5.41) is 22.4. The number of halogens is 1. The Balaban J connectivity index is 1.44.